The van der Waals surface area contributed by atoms with Crippen molar-refractivity contribution >= 4 is 29.3 Å². The number of nitrogens with zero attached hydrogens (tertiary/aromatic N) is 1. The summed E-state index contributed by atoms with van der Waals surface area (Å²) in [5.41, 5.74) is 10.1. The van der Waals surface area contributed by atoms with Gasteiger partial charge in [0, 0.05) is 37.4 Å². The van der Waals surface area contributed by atoms with Crippen LogP contribution in [0.15, 0.2) is 60.7 Å². The molecular weight excluding hydrogens is 422 g/mol. The molecule has 0 aliphatic rings. The lowest BCUT2D eigenvalue weighted by atomic mass is 9.90. The summed E-state index contributed by atoms with van der Waals surface area (Å²) in [4.78, 5) is 39.5. The third kappa shape index (κ3) is 7.13. The second-order valence-corrected chi connectivity index (χ2v) is 8.56. The molecule has 0 saturated carbocycles. The van der Waals surface area contributed by atoms with Crippen LogP contribution < -0.4 is 22.1 Å². The van der Waals surface area contributed by atoms with Crippen molar-refractivity contribution in [3.8, 4) is 0 Å². The molecule has 0 heterocycles. The molecule has 0 fully saturated rings. The van der Waals surface area contributed by atoms with E-state index in [1.807, 2.05) is 60.7 Å². The third-order valence-corrected chi connectivity index (χ3v) is 4.92. The quantitative estimate of drug-likeness (QED) is 0.384. The number of carbonyl (C=O) groups is 3. The summed E-state index contributed by atoms with van der Waals surface area (Å²) in [6.45, 7) is 5.44. The Morgan fingerprint density at radius 3 is 1.70 bits per heavy atom. The van der Waals surface area contributed by atoms with Gasteiger partial charge in [-0.1, -0.05) is 36.4 Å². The highest BCUT2D eigenvalue weighted by Crippen LogP contribution is 2.24. The number of rotatable bonds is 11. The average Bonchev–Trinajstić information content (AvgIpc) is 2.74. The van der Waals surface area contributed by atoms with Crippen LogP contribution in [0.1, 0.15) is 27.2 Å². The lowest BCUT2D eigenvalue weighted by Crippen LogP contribution is -2.68. The van der Waals surface area contributed by atoms with E-state index in [2.05, 4.69) is 10.6 Å². The first-order valence-corrected chi connectivity index (χ1v) is 10.7. The lowest BCUT2D eigenvalue weighted by Gasteiger charge is -2.39. The summed E-state index contributed by atoms with van der Waals surface area (Å²) in [7, 11) is 0. The summed E-state index contributed by atoms with van der Waals surface area (Å²) in [5.74, 6) is -2.04. The SMILES string of the molecule is CC(C)(C)OC(=O)N(CCNc1ccccc1)C(CCNc1ccccc1)(C(N)=O)C(N)=O. The van der Waals surface area contributed by atoms with Crippen molar-refractivity contribution in [3.63, 3.8) is 0 Å². The van der Waals surface area contributed by atoms with Gasteiger partial charge < -0.3 is 26.8 Å². The van der Waals surface area contributed by atoms with Gasteiger partial charge in [-0.05, 0) is 45.0 Å². The van der Waals surface area contributed by atoms with Crippen LogP contribution in [0.2, 0.25) is 0 Å². The van der Waals surface area contributed by atoms with Crippen LogP contribution in [0, 0.1) is 0 Å². The van der Waals surface area contributed by atoms with E-state index in [0.29, 0.717) is 0 Å². The van der Waals surface area contributed by atoms with Gasteiger partial charge in [0.25, 0.3) is 11.8 Å². The van der Waals surface area contributed by atoms with Gasteiger partial charge in [0.05, 0.1) is 0 Å². The molecule has 0 atom stereocenters. The van der Waals surface area contributed by atoms with E-state index in [1.165, 1.54) is 0 Å². The second kappa shape index (κ2) is 11.2. The minimum atomic E-state index is -2.08. The summed E-state index contributed by atoms with van der Waals surface area (Å²) in [5, 5.41) is 6.28. The normalized spacial score (nSPS) is 11.4. The van der Waals surface area contributed by atoms with Crippen LogP contribution >= 0.6 is 0 Å². The van der Waals surface area contributed by atoms with Crippen LogP contribution in [-0.2, 0) is 14.3 Å². The number of ether oxygens (including phenoxy) is 1. The summed E-state index contributed by atoms with van der Waals surface area (Å²) >= 11 is 0. The van der Waals surface area contributed by atoms with Gasteiger partial charge in [-0.15, -0.1) is 0 Å². The monoisotopic (exact) mass is 455 g/mol. The molecule has 0 radical (unpaired) electrons. The van der Waals surface area contributed by atoms with E-state index in [9.17, 15) is 14.4 Å². The molecule has 2 aromatic carbocycles. The number of amides is 3. The fraction of sp³-hybridized carbons (Fsp3) is 0.375. The summed E-state index contributed by atoms with van der Waals surface area (Å²) in [6.07, 6.45) is -0.980. The molecule has 3 amide bonds. The molecule has 0 aliphatic carbocycles. The van der Waals surface area contributed by atoms with Crippen LogP contribution in [0.5, 0.6) is 0 Å². The number of hydrogen-bond acceptors (Lipinski definition) is 6. The molecule has 178 valence electrons. The number of primary amides is 2. The maximum absolute atomic E-state index is 13.1. The van der Waals surface area contributed by atoms with Crippen molar-refractivity contribution in [1.82, 2.24) is 4.90 Å². The fourth-order valence-corrected chi connectivity index (χ4v) is 3.34. The highest BCUT2D eigenvalue weighted by Gasteiger charge is 2.51. The topological polar surface area (TPSA) is 140 Å². The number of para-hydroxylation sites is 2. The van der Waals surface area contributed by atoms with Gasteiger partial charge in [0.1, 0.15) is 5.60 Å². The highest BCUT2D eigenvalue weighted by atomic mass is 16.6. The van der Waals surface area contributed by atoms with E-state index in [0.717, 1.165) is 16.3 Å². The standard InChI is InChI=1S/C24H33N5O4/c1-23(2,3)33-22(32)29(17-16-28-19-12-8-5-9-13-19)24(20(25)30,21(26)31)14-15-27-18-10-6-4-7-11-18/h4-13,27-28H,14-17H2,1-3H3,(H2,25,30)(H2,26,31). The number of anilines is 2. The van der Waals surface area contributed by atoms with E-state index in [-0.39, 0.29) is 26.1 Å². The molecule has 0 unspecified atom stereocenters. The largest absolute Gasteiger partial charge is 0.444 e. The fourth-order valence-electron chi connectivity index (χ4n) is 3.34. The molecule has 0 aromatic heterocycles. The van der Waals surface area contributed by atoms with Crippen LogP contribution in [0.4, 0.5) is 16.2 Å². The maximum Gasteiger partial charge on any atom is 0.411 e. The Kier molecular flexibility index (Phi) is 8.67. The van der Waals surface area contributed by atoms with E-state index in [1.54, 1.807) is 20.8 Å². The molecule has 0 aliphatic heterocycles. The third-order valence-electron chi connectivity index (χ3n) is 4.92. The van der Waals surface area contributed by atoms with Gasteiger partial charge in [-0.25, -0.2) is 4.79 Å². The smallest absolute Gasteiger partial charge is 0.411 e. The predicted octanol–water partition coefficient (Wildman–Crippen LogP) is 2.55. The molecule has 0 bridgehead atoms. The molecular formula is C24H33N5O4. The van der Waals surface area contributed by atoms with Crippen LogP contribution in [0.3, 0.4) is 0 Å². The van der Waals surface area contributed by atoms with Crippen molar-refractivity contribution in [3.05, 3.63) is 60.7 Å². The van der Waals surface area contributed by atoms with Crippen LogP contribution in [0.25, 0.3) is 0 Å². The number of nitrogens with two attached hydrogens (primary N) is 2. The Hall–Kier alpha value is -3.75. The highest BCUT2D eigenvalue weighted by molar-refractivity contribution is 6.10. The summed E-state index contributed by atoms with van der Waals surface area (Å²) in [6, 6.07) is 18.6. The van der Waals surface area contributed by atoms with E-state index >= 15 is 0 Å². The zero-order valence-corrected chi connectivity index (χ0v) is 19.3. The minimum Gasteiger partial charge on any atom is -0.444 e. The van der Waals surface area contributed by atoms with Crippen molar-refractivity contribution in [2.75, 3.05) is 30.3 Å². The second-order valence-electron chi connectivity index (χ2n) is 8.56. The molecule has 2 rings (SSSR count). The average molecular weight is 456 g/mol. The molecule has 0 saturated heterocycles. The van der Waals surface area contributed by atoms with Gasteiger partial charge >= 0.3 is 6.09 Å². The molecule has 33 heavy (non-hydrogen) atoms. The Morgan fingerprint density at radius 2 is 1.27 bits per heavy atom. The molecule has 9 nitrogen and oxygen atoms in total. The van der Waals surface area contributed by atoms with Crippen molar-refractivity contribution < 1.29 is 19.1 Å². The molecule has 0 spiro atoms. The molecule has 6 N–H and O–H groups in total. The van der Waals surface area contributed by atoms with E-state index in [4.69, 9.17) is 16.2 Å². The summed E-state index contributed by atoms with van der Waals surface area (Å²) < 4.78 is 5.50. The predicted molar refractivity (Wildman–Crippen MR) is 129 cm³/mol. The number of carbonyl (C=O) groups excluding carboxylic acids is 3. The number of nitrogens with one attached hydrogen (secondary N) is 2. The minimum absolute atomic E-state index is 0.0407. The lowest BCUT2D eigenvalue weighted by molar-refractivity contribution is -0.143. The van der Waals surface area contributed by atoms with Gasteiger partial charge in [0.15, 0.2) is 0 Å². The zero-order chi connectivity index (χ0) is 24.5. The van der Waals surface area contributed by atoms with Crippen molar-refractivity contribution in [2.24, 2.45) is 11.5 Å². The maximum atomic E-state index is 13.1. The first-order valence-electron chi connectivity index (χ1n) is 10.7. The van der Waals surface area contributed by atoms with Gasteiger partial charge in [-0.3, -0.25) is 14.5 Å². The zero-order valence-electron chi connectivity index (χ0n) is 19.3. The first kappa shape index (κ1) is 25.5. The number of benzene rings is 2. The Bertz CT molecular complexity index is 915. The van der Waals surface area contributed by atoms with Crippen molar-refractivity contribution in [2.45, 2.75) is 38.3 Å². The van der Waals surface area contributed by atoms with Crippen LogP contribution in [-0.4, -0.2) is 53.6 Å². The first-order chi connectivity index (χ1) is 15.6. The van der Waals surface area contributed by atoms with Crippen molar-refractivity contribution in [1.29, 1.82) is 0 Å². The Balaban J connectivity index is 2.29. The van der Waals surface area contributed by atoms with Gasteiger partial charge in [-0.2, -0.15) is 0 Å². The molecule has 9 heteroatoms. The Morgan fingerprint density at radius 1 is 0.818 bits per heavy atom. The Labute approximate surface area is 194 Å². The van der Waals surface area contributed by atoms with Gasteiger partial charge in [0.2, 0.25) is 5.54 Å². The molecule has 2 aromatic rings. The van der Waals surface area contributed by atoms with E-state index < -0.39 is 29.0 Å². The number of hydrogen-bond donors (Lipinski definition) is 4.